The molecular formula is C30H30N4O2. The van der Waals surface area contributed by atoms with Crippen LogP contribution in [0, 0.1) is 13.8 Å². The summed E-state index contributed by atoms with van der Waals surface area (Å²) in [6.45, 7) is 6.89. The monoisotopic (exact) mass is 478 g/mol. The maximum Gasteiger partial charge on any atom is 0.260 e. The normalized spacial score (nSPS) is 13.5. The number of rotatable bonds is 6. The molecule has 0 aliphatic carbocycles. The molecule has 0 saturated carbocycles. The fourth-order valence-electron chi connectivity index (χ4n) is 4.60. The Morgan fingerprint density at radius 1 is 0.806 bits per heavy atom. The second-order valence-corrected chi connectivity index (χ2v) is 9.11. The van der Waals surface area contributed by atoms with Gasteiger partial charge in [0.05, 0.1) is 5.69 Å². The first-order valence-corrected chi connectivity index (χ1v) is 12.3. The van der Waals surface area contributed by atoms with Gasteiger partial charge in [-0.1, -0.05) is 72.3 Å². The number of anilines is 1. The van der Waals surface area contributed by atoms with Gasteiger partial charge in [-0.15, -0.1) is 10.2 Å². The third kappa shape index (κ3) is 5.23. The van der Waals surface area contributed by atoms with Crippen molar-refractivity contribution in [3.05, 3.63) is 96.1 Å². The maximum atomic E-state index is 12.9. The Balaban J connectivity index is 1.16. The summed E-state index contributed by atoms with van der Waals surface area (Å²) in [5.74, 6) is 1.55. The summed E-state index contributed by atoms with van der Waals surface area (Å²) in [4.78, 5) is 16.9. The number of hydrogen-bond donors (Lipinski definition) is 0. The van der Waals surface area contributed by atoms with E-state index in [1.165, 1.54) is 11.1 Å². The summed E-state index contributed by atoms with van der Waals surface area (Å²) in [6, 6.07) is 28.3. The molecule has 1 aliphatic rings. The van der Waals surface area contributed by atoms with Crippen LogP contribution in [0.5, 0.6) is 5.75 Å². The van der Waals surface area contributed by atoms with E-state index in [1.54, 1.807) is 0 Å². The van der Waals surface area contributed by atoms with Gasteiger partial charge in [-0.3, -0.25) is 4.79 Å². The van der Waals surface area contributed by atoms with Crippen LogP contribution < -0.4 is 9.64 Å². The van der Waals surface area contributed by atoms with Crippen molar-refractivity contribution in [2.24, 2.45) is 0 Å². The van der Waals surface area contributed by atoms with E-state index in [9.17, 15) is 4.79 Å². The van der Waals surface area contributed by atoms with Gasteiger partial charge >= 0.3 is 0 Å². The summed E-state index contributed by atoms with van der Waals surface area (Å²) >= 11 is 0. The van der Waals surface area contributed by atoms with E-state index < -0.39 is 0 Å². The highest BCUT2D eigenvalue weighted by molar-refractivity contribution is 5.79. The molecule has 2 heterocycles. The Kier molecular flexibility index (Phi) is 6.94. The maximum absolute atomic E-state index is 12.9. The number of aryl methyl sites for hydroxylation is 2. The molecule has 4 aromatic rings. The molecule has 182 valence electrons. The molecule has 0 atom stereocenters. The van der Waals surface area contributed by atoms with Crippen molar-refractivity contribution in [1.29, 1.82) is 0 Å². The van der Waals surface area contributed by atoms with Crippen LogP contribution in [0.4, 0.5) is 5.82 Å². The first-order valence-electron chi connectivity index (χ1n) is 12.3. The molecule has 36 heavy (non-hydrogen) atoms. The lowest BCUT2D eigenvalue weighted by molar-refractivity contribution is -0.133. The van der Waals surface area contributed by atoms with Gasteiger partial charge in [-0.05, 0) is 43.2 Å². The third-order valence-corrected chi connectivity index (χ3v) is 6.59. The Hall–Kier alpha value is -4.19. The number of nitrogens with zero attached hydrogens (tertiary/aromatic N) is 4. The number of carbonyl (C=O) groups excluding carboxylic acids is 1. The first-order chi connectivity index (χ1) is 17.6. The highest BCUT2D eigenvalue weighted by Gasteiger charge is 2.23. The summed E-state index contributed by atoms with van der Waals surface area (Å²) < 4.78 is 5.96. The molecule has 0 unspecified atom stereocenters. The van der Waals surface area contributed by atoms with Crippen molar-refractivity contribution in [2.45, 2.75) is 13.8 Å². The van der Waals surface area contributed by atoms with E-state index in [0.29, 0.717) is 26.2 Å². The Morgan fingerprint density at radius 2 is 1.56 bits per heavy atom. The molecule has 0 bridgehead atoms. The van der Waals surface area contributed by atoms with E-state index in [1.807, 2.05) is 71.6 Å². The van der Waals surface area contributed by atoms with Gasteiger partial charge in [0.15, 0.2) is 12.4 Å². The van der Waals surface area contributed by atoms with Gasteiger partial charge in [0.25, 0.3) is 5.91 Å². The lowest BCUT2D eigenvalue weighted by Crippen LogP contribution is -2.50. The number of hydrogen-bond acceptors (Lipinski definition) is 5. The molecule has 1 amide bonds. The molecule has 3 aromatic carbocycles. The van der Waals surface area contributed by atoms with Gasteiger partial charge in [0, 0.05) is 37.3 Å². The fraction of sp³-hybridized carbons (Fsp3) is 0.233. The van der Waals surface area contributed by atoms with Crippen molar-refractivity contribution < 1.29 is 9.53 Å². The molecule has 0 radical (unpaired) electrons. The Bertz CT molecular complexity index is 1330. The van der Waals surface area contributed by atoms with Crippen LogP contribution in [0.2, 0.25) is 0 Å². The smallest absolute Gasteiger partial charge is 0.260 e. The first kappa shape index (κ1) is 23.5. The fourth-order valence-corrected chi connectivity index (χ4v) is 4.60. The lowest BCUT2D eigenvalue weighted by atomic mass is 10.0. The molecule has 0 N–H and O–H groups in total. The zero-order valence-electron chi connectivity index (χ0n) is 20.7. The standard InChI is InChI=1S/C30H30N4O2/c1-22-12-13-25(23(2)20-22)27-14-15-29(32-31-27)33-16-18-34(19-17-33)30(35)21-36-28-11-7-6-10-26(28)24-8-4-3-5-9-24/h3-15,20H,16-19,21H2,1-2H3. The SMILES string of the molecule is Cc1ccc(-c2ccc(N3CCN(C(=O)COc4ccccc4-c4ccccc4)CC3)nn2)c(C)c1. The molecular weight excluding hydrogens is 448 g/mol. The minimum atomic E-state index is -0.00575. The number of piperazine rings is 1. The molecule has 0 spiro atoms. The van der Waals surface area contributed by atoms with E-state index >= 15 is 0 Å². The van der Waals surface area contributed by atoms with Crippen molar-refractivity contribution >= 4 is 11.7 Å². The largest absolute Gasteiger partial charge is 0.483 e. The van der Waals surface area contributed by atoms with E-state index in [2.05, 4.69) is 47.1 Å². The van der Waals surface area contributed by atoms with E-state index in [4.69, 9.17) is 4.74 Å². The highest BCUT2D eigenvalue weighted by Crippen LogP contribution is 2.29. The average molecular weight is 479 g/mol. The lowest BCUT2D eigenvalue weighted by Gasteiger charge is -2.35. The van der Waals surface area contributed by atoms with Gasteiger partial charge in [-0.2, -0.15) is 0 Å². The van der Waals surface area contributed by atoms with E-state index in [-0.39, 0.29) is 12.5 Å². The van der Waals surface area contributed by atoms with Gasteiger partial charge in [0.1, 0.15) is 5.75 Å². The minimum absolute atomic E-state index is 0.00575. The highest BCUT2D eigenvalue weighted by atomic mass is 16.5. The van der Waals surface area contributed by atoms with Crippen LogP contribution in [0.1, 0.15) is 11.1 Å². The second-order valence-electron chi connectivity index (χ2n) is 9.11. The summed E-state index contributed by atoms with van der Waals surface area (Å²) in [5, 5.41) is 8.95. The molecule has 1 saturated heterocycles. The van der Waals surface area contributed by atoms with Crippen molar-refractivity contribution in [3.63, 3.8) is 0 Å². The molecule has 1 fully saturated rings. The number of ether oxygens (including phenoxy) is 1. The third-order valence-electron chi connectivity index (χ3n) is 6.59. The van der Waals surface area contributed by atoms with Crippen LogP contribution in [0.25, 0.3) is 22.4 Å². The number of para-hydroxylation sites is 1. The van der Waals surface area contributed by atoms with Crippen molar-refractivity contribution in [1.82, 2.24) is 15.1 Å². The van der Waals surface area contributed by atoms with Crippen molar-refractivity contribution in [3.8, 4) is 28.1 Å². The second kappa shape index (κ2) is 10.6. The van der Waals surface area contributed by atoms with Gasteiger partial charge in [0.2, 0.25) is 0 Å². The molecule has 6 heteroatoms. The summed E-state index contributed by atoms with van der Waals surface area (Å²) in [5.41, 5.74) is 6.45. The van der Waals surface area contributed by atoms with Crippen LogP contribution in [-0.2, 0) is 4.79 Å². The summed E-state index contributed by atoms with van der Waals surface area (Å²) in [7, 11) is 0. The van der Waals surface area contributed by atoms with Crippen LogP contribution >= 0.6 is 0 Å². The summed E-state index contributed by atoms with van der Waals surface area (Å²) in [6.07, 6.45) is 0. The predicted octanol–water partition coefficient (Wildman–Crippen LogP) is 5.16. The van der Waals surface area contributed by atoms with Gasteiger partial charge < -0.3 is 14.5 Å². The number of carbonyl (C=O) groups is 1. The number of benzene rings is 3. The predicted molar refractivity (Wildman–Crippen MR) is 143 cm³/mol. The zero-order chi connectivity index (χ0) is 24.9. The Labute approximate surface area is 212 Å². The number of aromatic nitrogens is 2. The van der Waals surface area contributed by atoms with Crippen LogP contribution in [-0.4, -0.2) is 53.8 Å². The quantitative estimate of drug-likeness (QED) is 0.383. The Morgan fingerprint density at radius 3 is 2.28 bits per heavy atom. The van der Waals surface area contributed by atoms with E-state index in [0.717, 1.165) is 34.0 Å². The molecule has 1 aliphatic heterocycles. The average Bonchev–Trinajstić information content (AvgIpc) is 2.93. The molecule has 6 nitrogen and oxygen atoms in total. The molecule has 5 rings (SSSR count). The topological polar surface area (TPSA) is 58.6 Å². The zero-order valence-corrected chi connectivity index (χ0v) is 20.7. The van der Waals surface area contributed by atoms with Gasteiger partial charge in [-0.25, -0.2) is 0 Å². The van der Waals surface area contributed by atoms with Crippen LogP contribution in [0.3, 0.4) is 0 Å². The minimum Gasteiger partial charge on any atom is -0.483 e. The van der Waals surface area contributed by atoms with Crippen LogP contribution in [0.15, 0.2) is 84.9 Å². The number of amides is 1. The molecule has 1 aromatic heterocycles. The van der Waals surface area contributed by atoms with Crippen molar-refractivity contribution in [2.75, 3.05) is 37.7 Å².